The Labute approximate surface area is 192 Å². The number of pyridine rings is 1. The van der Waals surface area contributed by atoms with Crippen LogP contribution in [0.3, 0.4) is 0 Å². The van der Waals surface area contributed by atoms with Gasteiger partial charge in [-0.1, -0.05) is 23.7 Å². The zero-order valence-corrected chi connectivity index (χ0v) is 18.4. The number of H-pyrrole nitrogens is 1. The second-order valence-corrected chi connectivity index (χ2v) is 9.48. The normalized spacial score (nSPS) is 11.5. The highest BCUT2D eigenvalue weighted by atomic mass is 35.5. The van der Waals surface area contributed by atoms with E-state index in [-0.39, 0.29) is 33.7 Å². The molecule has 0 spiro atoms. The van der Waals surface area contributed by atoms with Crippen LogP contribution < -0.4 is 10.9 Å². The van der Waals surface area contributed by atoms with Crippen molar-refractivity contribution >= 4 is 38.2 Å². The lowest BCUT2D eigenvalue weighted by Crippen LogP contribution is -2.23. The minimum atomic E-state index is -4.34. The summed E-state index contributed by atoms with van der Waals surface area (Å²) < 4.78 is 38.9. The summed E-state index contributed by atoms with van der Waals surface area (Å²) in [5, 5.41) is 13.7. The number of carbonyl (C=O) groups excluding carboxylic acids is 1. The van der Waals surface area contributed by atoms with Crippen LogP contribution in [-0.2, 0) is 16.4 Å². The number of carbonyl (C=O) groups is 1. The number of halogens is 2. The summed E-state index contributed by atoms with van der Waals surface area (Å²) in [6.45, 7) is 0.150. The molecule has 0 aliphatic carbocycles. The Hall–Kier alpha value is -3.69. The van der Waals surface area contributed by atoms with E-state index in [0.717, 1.165) is 0 Å². The van der Waals surface area contributed by atoms with Crippen molar-refractivity contribution in [2.45, 2.75) is 16.3 Å². The molecule has 0 saturated carbocycles. The van der Waals surface area contributed by atoms with E-state index in [4.69, 9.17) is 11.6 Å². The van der Waals surface area contributed by atoms with Gasteiger partial charge in [-0.05, 0) is 60.2 Å². The van der Waals surface area contributed by atoms with Crippen LogP contribution in [0.25, 0.3) is 10.9 Å². The van der Waals surface area contributed by atoms with E-state index < -0.39 is 31.9 Å². The molecule has 3 aromatic carbocycles. The quantitative estimate of drug-likeness (QED) is 0.397. The first-order valence-electron chi connectivity index (χ1n) is 9.59. The van der Waals surface area contributed by atoms with Crippen molar-refractivity contribution in [1.29, 1.82) is 0 Å². The Balaban J connectivity index is 1.67. The van der Waals surface area contributed by atoms with Gasteiger partial charge in [-0.3, -0.25) is 9.59 Å². The smallest absolute Gasteiger partial charge is 0.271 e. The van der Waals surface area contributed by atoms with E-state index >= 15 is 0 Å². The van der Waals surface area contributed by atoms with Gasteiger partial charge in [-0.25, -0.2) is 12.8 Å². The highest BCUT2D eigenvalue weighted by molar-refractivity contribution is 7.91. The number of amides is 1. The van der Waals surface area contributed by atoms with Crippen LogP contribution in [0.2, 0.25) is 5.02 Å². The maximum atomic E-state index is 13.0. The Morgan fingerprint density at radius 3 is 2.36 bits per heavy atom. The Morgan fingerprint density at radius 2 is 1.70 bits per heavy atom. The fourth-order valence-corrected chi connectivity index (χ4v) is 4.79. The van der Waals surface area contributed by atoms with E-state index in [0.29, 0.717) is 10.6 Å². The summed E-state index contributed by atoms with van der Waals surface area (Å²) in [5.74, 6) is -1.58. The monoisotopic (exact) mass is 486 g/mol. The first-order valence-corrected chi connectivity index (χ1v) is 11.5. The predicted molar refractivity (Wildman–Crippen MR) is 121 cm³/mol. The maximum absolute atomic E-state index is 13.0. The van der Waals surface area contributed by atoms with Gasteiger partial charge in [0.05, 0.1) is 10.4 Å². The number of benzene rings is 3. The molecule has 0 saturated heterocycles. The van der Waals surface area contributed by atoms with Crippen molar-refractivity contribution in [1.82, 2.24) is 10.3 Å². The van der Waals surface area contributed by atoms with Gasteiger partial charge in [0.2, 0.25) is 9.84 Å². The van der Waals surface area contributed by atoms with Crippen LogP contribution in [0, 0.1) is 5.82 Å². The van der Waals surface area contributed by atoms with Crippen LogP contribution in [0.1, 0.15) is 15.9 Å². The molecular formula is C23H16ClFN2O5S. The number of aromatic amines is 1. The molecule has 4 aromatic rings. The molecule has 10 heteroatoms. The van der Waals surface area contributed by atoms with Gasteiger partial charge in [0, 0.05) is 22.5 Å². The molecule has 3 N–H and O–H groups in total. The molecule has 1 aromatic heterocycles. The summed E-state index contributed by atoms with van der Waals surface area (Å²) >= 11 is 5.79. The first-order chi connectivity index (χ1) is 15.7. The van der Waals surface area contributed by atoms with Gasteiger partial charge < -0.3 is 15.4 Å². The van der Waals surface area contributed by atoms with Crippen LogP contribution in [-0.4, -0.2) is 24.4 Å². The van der Waals surface area contributed by atoms with Crippen molar-refractivity contribution in [2.24, 2.45) is 0 Å². The highest BCUT2D eigenvalue weighted by Crippen LogP contribution is 2.32. The molecule has 0 fully saturated rings. The third-order valence-corrected chi connectivity index (χ3v) is 7.03. The summed E-state index contributed by atoms with van der Waals surface area (Å²) in [6.07, 6.45) is 0. The van der Waals surface area contributed by atoms with Gasteiger partial charge in [0.15, 0.2) is 4.90 Å². The number of nitrogens with one attached hydrogen (secondary N) is 2. The van der Waals surface area contributed by atoms with E-state index in [9.17, 15) is 27.5 Å². The average molecular weight is 487 g/mol. The Kier molecular flexibility index (Phi) is 5.92. The van der Waals surface area contributed by atoms with Crippen molar-refractivity contribution in [2.75, 3.05) is 0 Å². The van der Waals surface area contributed by atoms with Gasteiger partial charge in [-0.15, -0.1) is 0 Å². The second-order valence-electron chi connectivity index (χ2n) is 7.16. The number of hydrogen-bond acceptors (Lipinski definition) is 5. The number of sulfone groups is 1. The minimum absolute atomic E-state index is 0.0530. The number of fused-ring (bicyclic) bond motifs is 1. The van der Waals surface area contributed by atoms with Crippen LogP contribution in [0.4, 0.5) is 4.39 Å². The van der Waals surface area contributed by atoms with E-state index in [2.05, 4.69) is 10.3 Å². The van der Waals surface area contributed by atoms with E-state index in [1.165, 1.54) is 66.7 Å². The molecule has 7 nitrogen and oxygen atoms in total. The standard InChI is InChI=1S/C23H16ClFN2O5S/c24-15-4-8-17(9-5-15)33(31,32)21-20(28)18-10-3-14(11-19(18)27-23(21)30)22(29)26-12-13-1-6-16(25)7-2-13/h1-11H,12H2,(H,26,29)(H2,27,28,30). The molecule has 168 valence electrons. The largest absolute Gasteiger partial charge is 0.506 e. The van der Waals surface area contributed by atoms with Gasteiger partial charge in [-0.2, -0.15) is 0 Å². The SMILES string of the molecule is O=C(NCc1ccc(F)cc1)c1ccc2c(O)c(S(=O)(=O)c3ccc(Cl)cc3)c(=O)[nH]c2c1. The molecule has 0 radical (unpaired) electrons. The third-order valence-electron chi connectivity index (χ3n) is 4.97. The maximum Gasteiger partial charge on any atom is 0.271 e. The molecule has 4 rings (SSSR count). The van der Waals surface area contributed by atoms with Crippen LogP contribution >= 0.6 is 11.6 Å². The Morgan fingerprint density at radius 1 is 1.03 bits per heavy atom. The topological polar surface area (TPSA) is 116 Å². The van der Waals surface area contributed by atoms with Crippen molar-refractivity contribution in [3.05, 3.63) is 99.1 Å². The molecule has 1 amide bonds. The van der Waals surface area contributed by atoms with Crippen LogP contribution in [0.15, 0.2) is 81.3 Å². The lowest BCUT2D eigenvalue weighted by atomic mass is 10.1. The third kappa shape index (κ3) is 4.46. The minimum Gasteiger partial charge on any atom is -0.506 e. The van der Waals surface area contributed by atoms with E-state index in [1.54, 1.807) is 0 Å². The number of hydrogen-bond donors (Lipinski definition) is 3. The van der Waals surface area contributed by atoms with E-state index in [1.807, 2.05) is 0 Å². The lowest BCUT2D eigenvalue weighted by Gasteiger charge is -2.10. The molecule has 0 atom stereocenters. The zero-order valence-electron chi connectivity index (χ0n) is 16.8. The van der Waals surface area contributed by atoms with Crippen molar-refractivity contribution in [3.63, 3.8) is 0 Å². The first kappa shape index (κ1) is 22.5. The fourth-order valence-electron chi connectivity index (χ4n) is 3.27. The molecule has 0 unspecified atom stereocenters. The molecule has 0 aliphatic heterocycles. The number of rotatable bonds is 5. The second kappa shape index (κ2) is 8.68. The van der Waals surface area contributed by atoms with Gasteiger partial charge >= 0.3 is 0 Å². The van der Waals surface area contributed by atoms with Gasteiger partial charge in [0.1, 0.15) is 11.6 Å². The summed E-state index contributed by atoms with van der Waals surface area (Å²) in [5.41, 5.74) is -0.0811. The summed E-state index contributed by atoms with van der Waals surface area (Å²) in [6, 6.07) is 14.9. The summed E-state index contributed by atoms with van der Waals surface area (Å²) in [7, 11) is -4.34. The van der Waals surface area contributed by atoms with Crippen molar-refractivity contribution in [3.8, 4) is 5.75 Å². The fraction of sp³-hybridized carbons (Fsp3) is 0.0435. The lowest BCUT2D eigenvalue weighted by molar-refractivity contribution is 0.0951. The van der Waals surface area contributed by atoms with Gasteiger partial charge in [0.25, 0.3) is 11.5 Å². The molecule has 0 aliphatic rings. The number of aromatic hydroxyl groups is 1. The molecule has 1 heterocycles. The van der Waals surface area contributed by atoms with Crippen molar-refractivity contribution < 1.29 is 22.7 Å². The highest BCUT2D eigenvalue weighted by Gasteiger charge is 2.27. The summed E-state index contributed by atoms with van der Waals surface area (Å²) in [4.78, 5) is 26.5. The molecule has 33 heavy (non-hydrogen) atoms. The number of aromatic nitrogens is 1. The Bertz CT molecular complexity index is 1530. The molecular weight excluding hydrogens is 471 g/mol. The molecule has 0 bridgehead atoms. The van der Waals surface area contributed by atoms with Crippen LogP contribution in [0.5, 0.6) is 5.75 Å². The average Bonchev–Trinajstić information content (AvgIpc) is 2.78. The predicted octanol–water partition coefficient (Wildman–Crippen LogP) is 3.79. The zero-order chi connectivity index (χ0) is 23.8.